The molecule has 1 aromatic heterocycles. The van der Waals surface area contributed by atoms with Gasteiger partial charge in [-0.3, -0.25) is 4.79 Å². The van der Waals surface area contributed by atoms with Crippen molar-refractivity contribution in [1.29, 1.82) is 0 Å². The molecule has 0 aliphatic carbocycles. The SMILES string of the molecule is Cc1cscc1C(Br)c1ccc2c(c1)CCCC(=O)N2. The van der Waals surface area contributed by atoms with Crippen molar-refractivity contribution in [3.63, 3.8) is 0 Å². The summed E-state index contributed by atoms with van der Waals surface area (Å²) in [6.07, 6.45) is 2.50. The maximum Gasteiger partial charge on any atom is 0.224 e. The van der Waals surface area contributed by atoms with Crippen LogP contribution in [0.25, 0.3) is 0 Å². The van der Waals surface area contributed by atoms with Crippen LogP contribution in [0.1, 0.15) is 39.9 Å². The Hall–Kier alpha value is -1.13. The van der Waals surface area contributed by atoms with E-state index in [4.69, 9.17) is 0 Å². The summed E-state index contributed by atoms with van der Waals surface area (Å²) in [5, 5.41) is 7.35. The number of hydrogen-bond donors (Lipinski definition) is 1. The number of amides is 1. The lowest BCUT2D eigenvalue weighted by atomic mass is 9.99. The van der Waals surface area contributed by atoms with E-state index in [0.717, 1.165) is 18.5 Å². The molecule has 1 aliphatic heterocycles. The fourth-order valence-corrected chi connectivity index (χ4v) is 4.39. The van der Waals surface area contributed by atoms with Crippen LogP contribution in [0.15, 0.2) is 29.0 Å². The molecule has 1 N–H and O–H groups in total. The van der Waals surface area contributed by atoms with Crippen LogP contribution in [0.5, 0.6) is 0 Å². The number of rotatable bonds is 2. The quantitative estimate of drug-likeness (QED) is 0.774. The largest absolute Gasteiger partial charge is 0.326 e. The molecule has 0 bridgehead atoms. The van der Waals surface area contributed by atoms with Gasteiger partial charge in [0.05, 0.1) is 4.83 Å². The number of halogens is 1. The summed E-state index contributed by atoms with van der Waals surface area (Å²) in [5.74, 6) is 0.126. The Kier molecular flexibility index (Phi) is 3.94. The van der Waals surface area contributed by atoms with Gasteiger partial charge in [0.25, 0.3) is 0 Å². The normalized spacial score (nSPS) is 16.2. The number of benzene rings is 1. The number of fused-ring (bicyclic) bond motifs is 1. The Morgan fingerprint density at radius 1 is 1.30 bits per heavy atom. The van der Waals surface area contributed by atoms with E-state index >= 15 is 0 Å². The minimum Gasteiger partial charge on any atom is -0.326 e. The zero-order chi connectivity index (χ0) is 14.1. The van der Waals surface area contributed by atoms with Crippen molar-refractivity contribution in [1.82, 2.24) is 0 Å². The third-order valence-electron chi connectivity index (χ3n) is 3.71. The van der Waals surface area contributed by atoms with Gasteiger partial charge in [0.1, 0.15) is 0 Å². The molecule has 0 saturated carbocycles. The molecule has 0 saturated heterocycles. The summed E-state index contributed by atoms with van der Waals surface area (Å²) in [5.41, 5.74) is 6.11. The van der Waals surface area contributed by atoms with Gasteiger partial charge in [-0.25, -0.2) is 0 Å². The molecule has 0 fully saturated rings. The third-order valence-corrected chi connectivity index (χ3v) is 5.62. The first-order chi connectivity index (χ1) is 9.65. The molecule has 1 aromatic carbocycles. The zero-order valence-corrected chi connectivity index (χ0v) is 13.7. The highest BCUT2D eigenvalue weighted by atomic mass is 79.9. The second-order valence-corrected chi connectivity index (χ2v) is 6.85. The van der Waals surface area contributed by atoms with Crippen molar-refractivity contribution in [3.05, 3.63) is 51.2 Å². The summed E-state index contributed by atoms with van der Waals surface area (Å²) >= 11 is 5.54. The molecule has 2 nitrogen and oxygen atoms in total. The molecule has 0 spiro atoms. The van der Waals surface area contributed by atoms with Gasteiger partial charge >= 0.3 is 0 Å². The lowest BCUT2D eigenvalue weighted by molar-refractivity contribution is -0.116. The third kappa shape index (κ3) is 2.67. The first kappa shape index (κ1) is 13.8. The van der Waals surface area contributed by atoms with E-state index in [2.05, 4.69) is 51.1 Å². The molecule has 104 valence electrons. The minimum atomic E-state index is 0.126. The Morgan fingerprint density at radius 2 is 2.15 bits per heavy atom. The van der Waals surface area contributed by atoms with Crippen LogP contribution in [-0.4, -0.2) is 5.91 Å². The molecular formula is C16H16BrNOS. The first-order valence-electron chi connectivity index (χ1n) is 6.74. The molecule has 4 heteroatoms. The highest BCUT2D eigenvalue weighted by Gasteiger charge is 2.17. The van der Waals surface area contributed by atoms with Crippen LogP contribution in [0, 0.1) is 6.92 Å². The number of nitrogens with one attached hydrogen (secondary N) is 1. The molecule has 1 aliphatic rings. The average Bonchev–Trinajstić information content (AvgIpc) is 2.76. The molecule has 1 amide bonds. The lowest BCUT2D eigenvalue weighted by Crippen LogP contribution is -2.09. The average molecular weight is 350 g/mol. The van der Waals surface area contributed by atoms with Crippen molar-refractivity contribution in [2.75, 3.05) is 5.32 Å². The fourth-order valence-electron chi connectivity index (χ4n) is 2.56. The number of aryl methyl sites for hydroxylation is 2. The van der Waals surface area contributed by atoms with Crippen LogP contribution in [-0.2, 0) is 11.2 Å². The maximum atomic E-state index is 11.6. The smallest absolute Gasteiger partial charge is 0.224 e. The van der Waals surface area contributed by atoms with Crippen LogP contribution in [0.2, 0.25) is 0 Å². The van der Waals surface area contributed by atoms with Crippen LogP contribution >= 0.6 is 27.3 Å². The van der Waals surface area contributed by atoms with E-state index in [1.165, 1.54) is 22.3 Å². The predicted molar refractivity (Wildman–Crippen MR) is 87.8 cm³/mol. The molecule has 20 heavy (non-hydrogen) atoms. The Balaban J connectivity index is 1.94. The van der Waals surface area contributed by atoms with E-state index in [9.17, 15) is 4.79 Å². The van der Waals surface area contributed by atoms with Crippen molar-refractivity contribution in [2.45, 2.75) is 31.0 Å². The van der Waals surface area contributed by atoms with Crippen molar-refractivity contribution in [2.24, 2.45) is 0 Å². The maximum absolute atomic E-state index is 11.6. The van der Waals surface area contributed by atoms with Gasteiger partial charge in [-0.05, 0) is 58.8 Å². The monoisotopic (exact) mass is 349 g/mol. The number of carbonyl (C=O) groups excluding carboxylic acids is 1. The molecule has 3 rings (SSSR count). The molecule has 1 atom stereocenters. The Labute approximate surface area is 131 Å². The molecule has 2 aromatic rings. The summed E-state index contributed by atoms with van der Waals surface area (Å²) in [6, 6.07) is 6.35. The molecule has 1 unspecified atom stereocenters. The minimum absolute atomic E-state index is 0.126. The number of hydrogen-bond acceptors (Lipinski definition) is 2. The zero-order valence-electron chi connectivity index (χ0n) is 11.3. The van der Waals surface area contributed by atoms with Gasteiger partial charge in [0.15, 0.2) is 0 Å². The van der Waals surface area contributed by atoms with Crippen LogP contribution < -0.4 is 5.32 Å². The molecule has 2 heterocycles. The second-order valence-electron chi connectivity index (χ2n) is 5.19. The standard InChI is InChI=1S/C16H16BrNOS/c1-10-8-20-9-13(10)16(17)12-5-6-14-11(7-12)3-2-4-15(19)18-14/h5-9,16H,2-4H2,1H3,(H,18,19). The van der Waals surface area contributed by atoms with E-state index in [1.54, 1.807) is 11.3 Å². The van der Waals surface area contributed by atoms with Gasteiger partial charge in [-0.2, -0.15) is 11.3 Å². The lowest BCUT2D eigenvalue weighted by Gasteiger charge is -2.14. The van der Waals surface area contributed by atoms with Crippen LogP contribution in [0.3, 0.4) is 0 Å². The highest BCUT2D eigenvalue weighted by Crippen LogP contribution is 2.36. The van der Waals surface area contributed by atoms with Gasteiger partial charge in [-0.15, -0.1) is 0 Å². The van der Waals surface area contributed by atoms with Gasteiger partial charge < -0.3 is 5.32 Å². The van der Waals surface area contributed by atoms with Crippen molar-refractivity contribution in [3.8, 4) is 0 Å². The molecular weight excluding hydrogens is 334 g/mol. The number of anilines is 1. The summed E-state index contributed by atoms with van der Waals surface area (Å²) < 4.78 is 0. The van der Waals surface area contributed by atoms with Gasteiger partial charge in [0.2, 0.25) is 5.91 Å². The fraction of sp³-hybridized carbons (Fsp3) is 0.312. The summed E-state index contributed by atoms with van der Waals surface area (Å²) in [6.45, 7) is 2.14. The number of alkyl halides is 1. The van der Waals surface area contributed by atoms with E-state index in [1.807, 2.05) is 6.07 Å². The predicted octanol–water partition coefficient (Wildman–Crippen LogP) is 4.82. The van der Waals surface area contributed by atoms with E-state index < -0.39 is 0 Å². The summed E-state index contributed by atoms with van der Waals surface area (Å²) in [7, 11) is 0. The topological polar surface area (TPSA) is 29.1 Å². The summed E-state index contributed by atoms with van der Waals surface area (Å²) in [4.78, 5) is 11.8. The van der Waals surface area contributed by atoms with Crippen LogP contribution in [0.4, 0.5) is 5.69 Å². The van der Waals surface area contributed by atoms with E-state index in [0.29, 0.717) is 6.42 Å². The second kappa shape index (κ2) is 5.70. The highest BCUT2D eigenvalue weighted by molar-refractivity contribution is 9.09. The number of carbonyl (C=O) groups is 1. The van der Waals surface area contributed by atoms with Crippen molar-refractivity contribution < 1.29 is 4.79 Å². The van der Waals surface area contributed by atoms with Gasteiger partial charge in [-0.1, -0.05) is 28.1 Å². The first-order valence-corrected chi connectivity index (χ1v) is 8.60. The molecule has 0 radical (unpaired) electrons. The Morgan fingerprint density at radius 3 is 2.90 bits per heavy atom. The van der Waals surface area contributed by atoms with Crippen molar-refractivity contribution >= 4 is 38.9 Å². The van der Waals surface area contributed by atoms with E-state index in [-0.39, 0.29) is 10.7 Å². The van der Waals surface area contributed by atoms with Gasteiger partial charge in [0, 0.05) is 12.1 Å². The number of thiophene rings is 1. The Bertz CT molecular complexity index is 650.